The van der Waals surface area contributed by atoms with Gasteiger partial charge in [0.1, 0.15) is 0 Å². The van der Waals surface area contributed by atoms with E-state index in [1.165, 1.54) is 4.68 Å². The average Bonchev–Trinajstić information content (AvgIpc) is 2.70. The molecule has 1 aliphatic rings. The van der Waals surface area contributed by atoms with Crippen LogP contribution in [-0.2, 0) is 22.5 Å². The van der Waals surface area contributed by atoms with Gasteiger partial charge in [0.15, 0.2) is 0 Å². The first-order chi connectivity index (χ1) is 13.1. The predicted octanol–water partition coefficient (Wildman–Crippen LogP) is 1.19. The number of fused-ring (bicyclic) bond motifs is 1. The molecule has 2 aromatic rings. The molecule has 27 heavy (non-hydrogen) atoms. The lowest BCUT2D eigenvalue weighted by atomic mass is 10.1. The van der Waals surface area contributed by atoms with E-state index in [9.17, 15) is 9.59 Å². The number of nitrogens with one attached hydrogen (secondary N) is 1. The van der Waals surface area contributed by atoms with Crippen molar-refractivity contribution in [3.05, 3.63) is 40.3 Å². The second-order valence-corrected chi connectivity index (χ2v) is 6.88. The lowest BCUT2D eigenvalue weighted by Gasteiger charge is -2.30. The van der Waals surface area contributed by atoms with E-state index >= 15 is 0 Å². The summed E-state index contributed by atoms with van der Waals surface area (Å²) < 4.78 is 6.81. The number of carbonyl (C=O) groups excluding carboxylic acids is 1. The van der Waals surface area contributed by atoms with E-state index in [-0.39, 0.29) is 23.9 Å². The molecule has 0 spiro atoms. The van der Waals surface area contributed by atoms with Gasteiger partial charge in [0, 0.05) is 37.6 Å². The van der Waals surface area contributed by atoms with Crippen LogP contribution in [0, 0.1) is 0 Å². The molecule has 1 N–H and O–H groups in total. The lowest BCUT2D eigenvalue weighted by molar-refractivity contribution is -0.121. The van der Waals surface area contributed by atoms with Crippen molar-refractivity contribution in [2.75, 3.05) is 32.8 Å². The van der Waals surface area contributed by atoms with E-state index in [1.54, 1.807) is 6.07 Å². The number of hydrogen-bond acceptors (Lipinski definition) is 5. The highest BCUT2D eigenvalue weighted by atomic mass is 16.5. The highest BCUT2D eigenvalue weighted by Crippen LogP contribution is 2.14. The first-order valence-corrected chi connectivity index (χ1v) is 9.70. The Morgan fingerprint density at radius 1 is 1.22 bits per heavy atom. The number of amides is 1. The van der Waals surface area contributed by atoms with Crippen molar-refractivity contribution in [2.45, 2.75) is 39.3 Å². The second-order valence-electron chi connectivity index (χ2n) is 6.88. The normalized spacial score (nSPS) is 16.4. The average molecular weight is 372 g/mol. The molecule has 1 unspecified atom stereocenters. The molecule has 3 rings (SSSR count). The van der Waals surface area contributed by atoms with E-state index in [1.807, 2.05) is 25.1 Å². The zero-order valence-electron chi connectivity index (χ0n) is 16.1. The molecular formula is C20H28N4O3. The van der Waals surface area contributed by atoms with Crippen LogP contribution in [0.5, 0.6) is 0 Å². The zero-order chi connectivity index (χ0) is 19.2. The summed E-state index contributed by atoms with van der Waals surface area (Å²) in [4.78, 5) is 27.4. The van der Waals surface area contributed by atoms with Crippen molar-refractivity contribution < 1.29 is 9.53 Å². The fraction of sp³-hybridized carbons (Fsp3) is 0.550. The molecule has 2 heterocycles. The molecule has 1 fully saturated rings. The molecular weight excluding hydrogens is 344 g/mol. The minimum absolute atomic E-state index is 0.0611. The smallest absolute Gasteiger partial charge is 0.274 e. The minimum atomic E-state index is -0.115. The molecule has 0 saturated carbocycles. The summed E-state index contributed by atoms with van der Waals surface area (Å²) in [7, 11) is 0. The number of aryl methyl sites for hydroxylation is 1. The van der Waals surface area contributed by atoms with Gasteiger partial charge in [-0.05, 0) is 19.4 Å². The maximum Gasteiger partial charge on any atom is 0.274 e. The summed E-state index contributed by atoms with van der Waals surface area (Å²) in [6.07, 6.45) is 1.03. The van der Waals surface area contributed by atoms with E-state index in [4.69, 9.17) is 4.74 Å². The number of nitrogens with zero attached hydrogens (tertiary/aromatic N) is 3. The summed E-state index contributed by atoms with van der Waals surface area (Å²) in [5, 5.41) is 8.92. The van der Waals surface area contributed by atoms with Crippen molar-refractivity contribution in [3.63, 3.8) is 0 Å². The Hall–Kier alpha value is -2.25. The van der Waals surface area contributed by atoms with Gasteiger partial charge in [0.2, 0.25) is 5.91 Å². The maximum atomic E-state index is 12.7. The molecule has 146 valence electrons. The van der Waals surface area contributed by atoms with Gasteiger partial charge in [-0.3, -0.25) is 14.5 Å². The van der Waals surface area contributed by atoms with Gasteiger partial charge in [-0.2, -0.15) is 5.10 Å². The number of aromatic nitrogens is 2. The third kappa shape index (κ3) is 4.73. The van der Waals surface area contributed by atoms with Crippen molar-refractivity contribution in [1.82, 2.24) is 20.0 Å². The van der Waals surface area contributed by atoms with Gasteiger partial charge in [0.05, 0.1) is 30.7 Å². The maximum absolute atomic E-state index is 12.7. The summed E-state index contributed by atoms with van der Waals surface area (Å²) in [6.45, 7) is 8.57. The second kappa shape index (κ2) is 9.10. The molecule has 0 bridgehead atoms. The standard InChI is InChI=1S/C20H28N4O3/c1-3-15(14-23-9-11-27-12-10-23)21-19(25)13-18-16-7-5-6-8-17(16)20(26)24(4-2)22-18/h5-8,15H,3-4,9-14H2,1-2H3,(H,21,25). The predicted molar refractivity (Wildman–Crippen MR) is 105 cm³/mol. The largest absolute Gasteiger partial charge is 0.379 e. The number of hydrogen-bond donors (Lipinski definition) is 1. The summed E-state index contributed by atoms with van der Waals surface area (Å²) in [5.74, 6) is -0.0611. The van der Waals surface area contributed by atoms with Crippen LogP contribution in [0.1, 0.15) is 26.0 Å². The SMILES string of the molecule is CCC(CN1CCOCC1)NC(=O)Cc1nn(CC)c(=O)c2ccccc12. The summed E-state index contributed by atoms with van der Waals surface area (Å²) in [5.41, 5.74) is 0.529. The van der Waals surface area contributed by atoms with Crippen LogP contribution in [0.25, 0.3) is 10.8 Å². The minimum Gasteiger partial charge on any atom is -0.379 e. The Morgan fingerprint density at radius 3 is 2.59 bits per heavy atom. The molecule has 1 aromatic heterocycles. The zero-order valence-corrected chi connectivity index (χ0v) is 16.1. The Morgan fingerprint density at radius 2 is 1.93 bits per heavy atom. The van der Waals surface area contributed by atoms with Crippen LogP contribution < -0.4 is 10.9 Å². The van der Waals surface area contributed by atoms with E-state index in [0.717, 1.165) is 44.7 Å². The van der Waals surface area contributed by atoms with Gasteiger partial charge in [-0.25, -0.2) is 4.68 Å². The van der Waals surface area contributed by atoms with Gasteiger partial charge < -0.3 is 10.1 Å². The number of rotatable bonds is 7. The topological polar surface area (TPSA) is 76.5 Å². The molecule has 0 radical (unpaired) electrons. The van der Waals surface area contributed by atoms with Crippen molar-refractivity contribution in [1.29, 1.82) is 0 Å². The number of ether oxygens (including phenoxy) is 1. The molecule has 7 nitrogen and oxygen atoms in total. The number of morpholine rings is 1. The van der Waals surface area contributed by atoms with E-state index in [0.29, 0.717) is 17.6 Å². The van der Waals surface area contributed by atoms with Crippen molar-refractivity contribution >= 4 is 16.7 Å². The third-order valence-electron chi connectivity index (χ3n) is 5.01. The van der Waals surface area contributed by atoms with Crippen LogP contribution >= 0.6 is 0 Å². The molecule has 0 aliphatic carbocycles. The fourth-order valence-electron chi connectivity index (χ4n) is 3.45. The summed E-state index contributed by atoms with van der Waals surface area (Å²) in [6, 6.07) is 7.45. The van der Waals surface area contributed by atoms with Crippen LogP contribution in [0.4, 0.5) is 0 Å². The van der Waals surface area contributed by atoms with Crippen LogP contribution in [0.15, 0.2) is 29.1 Å². The molecule has 7 heteroatoms. The highest BCUT2D eigenvalue weighted by Gasteiger charge is 2.19. The first kappa shape index (κ1) is 19.5. The molecule has 1 atom stereocenters. The molecule has 1 aliphatic heterocycles. The molecule has 1 aromatic carbocycles. The first-order valence-electron chi connectivity index (χ1n) is 9.70. The Kier molecular flexibility index (Phi) is 6.58. The van der Waals surface area contributed by atoms with Crippen LogP contribution in [0.3, 0.4) is 0 Å². The lowest BCUT2D eigenvalue weighted by Crippen LogP contribution is -2.47. The van der Waals surface area contributed by atoms with Crippen molar-refractivity contribution in [2.24, 2.45) is 0 Å². The van der Waals surface area contributed by atoms with E-state index in [2.05, 4.69) is 22.2 Å². The van der Waals surface area contributed by atoms with Gasteiger partial charge >= 0.3 is 0 Å². The van der Waals surface area contributed by atoms with E-state index < -0.39 is 0 Å². The van der Waals surface area contributed by atoms with Gasteiger partial charge in [0.25, 0.3) is 5.56 Å². The Balaban J connectivity index is 1.73. The van der Waals surface area contributed by atoms with Crippen LogP contribution in [0.2, 0.25) is 0 Å². The van der Waals surface area contributed by atoms with Crippen molar-refractivity contribution in [3.8, 4) is 0 Å². The number of benzene rings is 1. The Bertz CT molecular complexity index is 843. The summed E-state index contributed by atoms with van der Waals surface area (Å²) >= 11 is 0. The quantitative estimate of drug-likeness (QED) is 0.790. The monoisotopic (exact) mass is 372 g/mol. The van der Waals surface area contributed by atoms with Gasteiger partial charge in [-0.15, -0.1) is 0 Å². The fourth-order valence-corrected chi connectivity index (χ4v) is 3.45. The number of carbonyl (C=O) groups is 1. The third-order valence-corrected chi connectivity index (χ3v) is 5.01. The van der Waals surface area contributed by atoms with Crippen LogP contribution in [-0.4, -0.2) is 59.5 Å². The van der Waals surface area contributed by atoms with Gasteiger partial charge in [-0.1, -0.05) is 25.1 Å². The Labute approximate surface area is 159 Å². The molecule has 1 saturated heterocycles. The highest BCUT2D eigenvalue weighted by molar-refractivity contribution is 5.88. The molecule has 1 amide bonds.